The van der Waals surface area contributed by atoms with Gasteiger partial charge in [-0.25, -0.2) is 4.79 Å². The molecule has 0 aromatic carbocycles. The number of aliphatic imine (C=N–C) groups is 1. The number of amides is 2. The van der Waals surface area contributed by atoms with Crippen molar-refractivity contribution in [2.45, 2.75) is 169 Å². The normalized spacial score (nSPS) is 16.2. The Kier molecular flexibility index (Phi) is 15.5. The maximum absolute atomic E-state index is 12.8. The summed E-state index contributed by atoms with van der Waals surface area (Å²) >= 11 is 0. The van der Waals surface area contributed by atoms with Crippen molar-refractivity contribution in [2.24, 2.45) is 10.4 Å². The van der Waals surface area contributed by atoms with E-state index in [0.29, 0.717) is 18.3 Å². The molecule has 0 unspecified atom stereocenters. The summed E-state index contributed by atoms with van der Waals surface area (Å²) in [7, 11) is 0. The predicted octanol–water partition coefficient (Wildman–Crippen LogP) is 8.68. The van der Waals surface area contributed by atoms with Gasteiger partial charge in [-0.3, -0.25) is 10.1 Å². The van der Waals surface area contributed by atoms with Crippen LogP contribution in [0.4, 0.5) is 4.79 Å². The largest absolute Gasteiger partial charge is 0.442 e. The number of guanidine groups is 1. The minimum absolute atomic E-state index is 0.165. The summed E-state index contributed by atoms with van der Waals surface area (Å²) in [6.07, 6.45) is 20.2. The number of hydrogen-bond acceptors (Lipinski definition) is 6. The van der Waals surface area contributed by atoms with Crippen molar-refractivity contribution in [3.05, 3.63) is 11.7 Å². The molecular weight excluding hydrogens is 530 g/mol. The Balaban J connectivity index is 1.80. The van der Waals surface area contributed by atoms with E-state index in [2.05, 4.69) is 27.4 Å². The molecule has 0 radical (unpaired) electrons. The standard InChI is InChI=1S/C33H59N5O4/c1-8-9-10-11-12-13-14-15-16-17-18-19-20-21-24-27-34-28(42-37-27)26-23-22-25-38(26)30(35-29(39)32(2,3)4)36-31(40)41-33(5,6)7/h26H,8-25H2,1-7H3,(H,35,36,39,40)/t26-/m0/s1. The van der Waals surface area contributed by atoms with Gasteiger partial charge >= 0.3 is 6.09 Å². The number of carbonyl (C=O) groups is 2. The molecule has 240 valence electrons. The molecule has 1 saturated heterocycles. The number of unbranched alkanes of at least 4 members (excludes halogenated alkanes) is 13. The molecule has 0 saturated carbocycles. The zero-order chi connectivity index (χ0) is 31.0. The average molecular weight is 590 g/mol. The summed E-state index contributed by atoms with van der Waals surface area (Å²) in [5.41, 5.74) is -1.35. The van der Waals surface area contributed by atoms with Crippen LogP contribution in [0.2, 0.25) is 0 Å². The maximum Gasteiger partial charge on any atom is 0.437 e. The summed E-state index contributed by atoms with van der Waals surface area (Å²) in [4.78, 5) is 36.1. The Bertz CT molecular complexity index is 960. The van der Waals surface area contributed by atoms with Crippen LogP contribution < -0.4 is 5.32 Å². The highest BCUT2D eigenvalue weighted by Crippen LogP contribution is 2.31. The number of nitrogens with one attached hydrogen (secondary N) is 1. The molecule has 1 aromatic rings. The van der Waals surface area contributed by atoms with Crippen molar-refractivity contribution >= 4 is 18.0 Å². The molecule has 1 aliphatic heterocycles. The molecule has 1 fully saturated rings. The van der Waals surface area contributed by atoms with Gasteiger partial charge in [-0.2, -0.15) is 4.98 Å². The van der Waals surface area contributed by atoms with Gasteiger partial charge in [0.2, 0.25) is 17.8 Å². The van der Waals surface area contributed by atoms with E-state index in [4.69, 9.17) is 9.26 Å². The smallest absolute Gasteiger partial charge is 0.437 e. The van der Waals surface area contributed by atoms with Crippen LogP contribution in [0.3, 0.4) is 0 Å². The van der Waals surface area contributed by atoms with Crippen LogP contribution in [0.1, 0.15) is 169 Å². The fourth-order valence-corrected chi connectivity index (χ4v) is 5.08. The molecule has 2 amide bonds. The lowest BCUT2D eigenvalue weighted by atomic mass is 9.96. The molecule has 1 aliphatic rings. The first kappa shape index (κ1) is 35.7. The molecule has 1 aromatic heterocycles. The van der Waals surface area contributed by atoms with E-state index >= 15 is 0 Å². The van der Waals surface area contributed by atoms with E-state index in [0.717, 1.165) is 25.7 Å². The minimum Gasteiger partial charge on any atom is -0.442 e. The molecule has 0 bridgehead atoms. The van der Waals surface area contributed by atoms with Gasteiger partial charge in [0, 0.05) is 18.4 Å². The zero-order valence-corrected chi connectivity index (χ0v) is 27.7. The Labute approximate surface area is 255 Å². The van der Waals surface area contributed by atoms with Gasteiger partial charge in [-0.1, -0.05) is 116 Å². The average Bonchev–Trinajstić information content (AvgIpc) is 3.56. The van der Waals surface area contributed by atoms with E-state index in [1.165, 1.54) is 83.5 Å². The van der Waals surface area contributed by atoms with Crippen molar-refractivity contribution in [1.82, 2.24) is 20.4 Å². The summed E-state index contributed by atoms with van der Waals surface area (Å²) in [6.45, 7) is 13.7. The predicted molar refractivity (Wildman–Crippen MR) is 168 cm³/mol. The Morgan fingerprint density at radius 1 is 0.905 bits per heavy atom. The van der Waals surface area contributed by atoms with Gasteiger partial charge in [0.05, 0.1) is 0 Å². The maximum atomic E-state index is 12.8. The van der Waals surface area contributed by atoms with Crippen LogP contribution in [-0.2, 0) is 16.0 Å². The van der Waals surface area contributed by atoms with Crippen LogP contribution in [0.25, 0.3) is 0 Å². The van der Waals surface area contributed by atoms with E-state index in [9.17, 15) is 9.59 Å². The molecule has 2 heterocycles. The highest BCUT2D eigenvalue weighted by Gasteiger charge is 2.36. The number of hydrogen-bond donors (Lipinski definition) is 1. The number of aryl methyl sites for hydroxylation is 1. The molecule has 9 heteroatoms. The Morgan fingerprint density at radius 3 is 1.98 bits per heavy atom. The van der Waals surface area contributed by atoms with Gasteiger partial charge in [0.25, 0.3) is 0 Å². The van der Waals surface area contributed by atoms with Crippen LogP contribution in [-0.4, -0.2) is 45.1 Å². The van der Waals surface area contributed by atoms with Crippen molar-refractivity contribution in [2.75, 3.05) is 6.54 Å². The van der Waals surface area contributed by atoms with Crippen molar-refractivity contribution in [1.29, 1.82) is 0 Å². The number of rotatable bonds is 16. The molecule has 1 N–H and O–H groups in total. The number of ether oxygens (including phenoxy) is 1. The quantitative estimate of drug-likeness (QED) is 0.117. The first-order valence-corrected chi connectivity index (χ1v) is 16.6. The molecule has 1 atom stereocenters. The Hall–Kier alpha value is -2.45. The van der Waals surface area contributed by atoms with E-state index in [1.807, 2.05) is 25.7 Å². The van der Waals surface area contributed by atoms with Crippen LogP contribution >= 0.6 is 0 Å². The highest BCUT2D eigenvalue weighted by molar-refractivity contribution is 6.02. The van der Waals surface area contributed by atoms with Crippen molar-refractivity contribution < 1.29 is 18.8 Å². The molecule has 0 aliphatic carbocycles. The lowest BCUT2D eigenvalue weighted by molar-refractivity contribution is -0.127. The van der Waals surface area contributed by atoms with Crippen LogP contribution in [0, 0.1) is 5.41 Å². The number of carbonyl (C=O) groups excluding carboxylic acids is 2. The second-order valence-electron chi connectivity index (χ2n) is 13.9. The number of likely N-dealkylation sites (tertiary alicyclic amines) is 1. The van der Waals surface area contributed by atoms with Gasteiger partial charge in [-0.05, 0) is 40.0 Å². The summed E-state index contributed by atoms with van der Waals surface area (Å²) < 4.78 is 11.1. The number of nitrogens with zero attached hydrogens (tertiary/aromatic N) is 4. The summed E-state index contributed by atoms with van der Waals surface area (Å²) in [5.74, 6) is 1.13. The molecular formula is C33H59N5O4. The lowest BCUT2D eigenvalue weighted by Crippen LogP contribution is -2.48. The van der Waals surface area contributed by atoms with Crippen molar-refractivity contribution in [3.63, 3.8) is 0 Å². The van der Waals surface area contributed by atoms with E-state index in [1.54, 1.807) is 20.8 Å². The highest BCUT2D eigenvalue weighted by atomic mass is 16.6. The topological polar surface area (TPSA) is 110 Å². The monoisotopic (exact) mass is 589 g/mol. The summed E-state index contributed by atoms with van der Waals surface area (Å²) in [5, 5.41) is 7.08. The lowest BCUT2D eigenvalue weighted by Gasteiger charge is -2.28. The molecule has 42 heavy (non-hydrogen) atoms. The SMILES string of the molecule is CCCCCCCCCCCCCCCCc1noc([C@@H]2CCCN2/C(=N\C(=O)OC(C)(C)C)NC(=O)C(C)(C)C)n1. The van der Waals surface area contributed by atoms with Gasteiger partial charge in [-0.15, -0.1) is 4.99 Å². The Morgan fingerprint density at radius 2 is 1.45 bits per heavy atom. The third-order valence-corrected chi connectivity index (χ3v) is 7.54. The van der Waals surface area contributed by atoms with Crippen LogP contribution in [0.5, 0.6) is 0 Å². The molecule has 9 nitrogen and oxygen atoms in total. The molecule has 2 rings (SSSR count). The zero-order valence-electron chi connectivity index (χ0n) is 27.7. The first-order valence-electron chi connectivity index (χ1n) is 16.6. The van der Waals surface area contributed by atoms with Crippen molar-refractivity contribution in [3.8, 4) is 0 Å². The third-order valence-electron chi connectivity index (χ3n) is 7.54. The fourth-order valence-electron chi connectivity index (χ4n) is 5.08. The van der Waals surface area contributed by atoms with E-state index in [-0.39, 0.29) is 17.9 Å². The van der Waals surface area contributed by atoms with Crippen LogP contribution in [0.15, 0.2) is 9.52 Å². The minimum atomic E-state index is -0.749. The number of aromatic nitrogens is 2. The molecule has 0 spiro atoms. The van der Waals surface area contributed by atoms with Gasteiger partial charge in [0.15, 0.2) is 5.82 Å². The third kappa shape index (κ3) is 14.1. The van der Waals surface area contributed by atoms with Gasteiger partial charge < -0.3 is 14.2 Å². The van der Waals surface area contributed by atoms with Gasteiger partial charge in [0.1, 0.15) is 11.6 Å². The van der Waals surface area contributed by atoms with E-state index < -0.39 is 17.1 Å². The summed E-state index contributed by atoms with van der Waals surface area (Å²) in [6, 6.07) is -0.260. The fraction of sp³-hybridized carbons (Fsp3) is 0.848. The first-order chi connectivity index (χ1) is 19.9. The second-order valence-corrected chi connectivity index (χ2v) is 13.9. The second kappa shape index (κ2) is 18.3.